The standard InChI is InChI=1S/C23H32O4/c1-13-14-6-9-23-16(10-14)22-8-5-7-21(4,12-25-19(22)24)15(22)11-17(23)26-20(2,3)27-18(13)23/h14-18H,1,5-12H2,2-4H3/t14-,15?,16?,17+,18-,21-,22?,23+/m0/s1. The molecule has 4 heteroatoms. The monoisotopic (exact) mass is 372 g/mol. The molecule has 3 unspecified atom stereocenters. The summed E-state index contributed by atoms with van der Waals surface area (Å²) in [4.78, 5) is 13.4. The minimum Gasteiger partial charge on any atom is -0.465 e. The normalized spacial score (nSPS) is 57.5. The van der Waals surface area contributed by atoms with Crippen molar-refractivity contribution in [1.82, 2.24) is 0 Å². The highest BCUT2D eigenvalue weighted by molar-refractivity contribution is 5.80. The highest BCUT2D eigenvalue weighted by Gasteiger charge is 2.77. The van der Waals surface area contributed by atoms with Crippen LogP contribution in [0.15, 0.2) is 12.2 Å². The molecule has 7 aliphatic rings. The molecule has 0 aromatic heterocycles. The third-order valence-electron chi connectivity index (χ3n) is 9.66. The van der Waals surface area contributed by atoms with Crippen molar-refractivity contribution in [1.29, 1.82) is 0 Å². The number of cyclic esters (lactones) is 1. The Morgan fingerprint density at radius 1 is 1.04 bits per heavy atom. The lowest BCUT2D eigenvalue weighted by Gasteiger charge is -2.74. The lowest BCUT2D eigenvalue weighted by molar-refractivity contribution is -0.395. The smallest absolute Gasteiger partial charge is 0.312 e. The number of hydrogen-bond acceptors (Lipinski definition) is 4. The summed E-state index contributed by atoms with van der Waals surface area (Å²) in [5.74, 6) is 0.673. The molecule has 0 aromatic carbocycles. The van der Waals surface area contributed by atoms with Gasteiger partial charge in [-0.15, -0.1) is 0 Å². The molecule has 8 atom stereocenters. The van der Waals surface area contributed by atoms with E-state index in [1.54, 1.807) is 0 Å². The molecular formula is C23H32O4. The van der Waals surface area contributed by atoms with Gasteiger partial charge in [0.1, 0.15) is 0 Å². The third-order valence-corrected chi connectivity index (χ3v) is 9.66. The quantitative estimate of drug-likeness (QED) is 0.471. The molecule has 0 radical (unpaired) electrons. The van der Waals surface area contributed by atoms with Crippen molar-refractivity contribution in [3.63, 3.8) is 0 Å². The Hall–Kier alpha value is -0.870. The van der Waals surface area contributed by atoms with Gasteiger partial charge in [0, 0.05) is 10.8 Å². The predicted octanol–water partition coefficient (Wildman–Crippen LogP) is 4.23. The predicted molar refractivity (Wildman–Crippen MR) is 99.7 cm³/mol. The van der Waals surface area contributed by atoms with Crippen LogP contribution in [0.1, 0.15) is 65.7 Å². The second kappa shape index (κ2) is 4.81. The van der Waals surface area contributed by atoms with Gasteiger partial charge in [0.05, 0.1) is 24.2 Å². The molecule has 4 bridgehead atoms. The van der Waals surface area contributed by atoms with Crippen LogP contribution in [0.2, 0.25) is 0 Å². The fraction of sp³-hybridized carbons (Fsp3) is 0.870. The van der Waals surface area contributed by atoms with Crippen molar-refractivity contribution in [2.75, 3.05) is 6.61 Å². The topological polar surface area (TPSA) is 44.8 Å². The highest BCUT2D eigenvalue weighted by atomic mass is 16.7. The van der Waals surface area contributed by atoms with Crippen molar-refractivity contribution in [3.8, 4) is 0 Å². The second-order valence-electron chi connectivity index (χ2n) is 11.1. The van der Waals surface area contributed by atoms with Gasteiger partial charge < -0.3 is 14.2 Å². The summed E-state index contributed by atoms with van der Waals surface area (Å²) in [7, 11) is 0. The molecule has 0 N–H and O–H groups in total. The largest absolute Gasteiger partial charge is 0.465 e. The Labute approximate surface area is 162 Å². The Morgan fingerprint density at radius 2 is 1.85 bits per heavy atom. The number of carbonyl (C=O) groups excluding carboxylic acids is 1. The number of rotatable bonds is 0. The molecule has 2 saturated heterocycles. The summed E-state index contributed by atoms with van der Waals surface area (Å²) in [6.45, 7) is 11.5. The van der Waals surface area contributed by atoms with E-state index in [0.717, 1.165) is 32.1 Å². The van der Waals surface area contributed by atoms with Crippen molar-refractivity contribution in [3.05, 3.63) is 12.2 Å². The van der Waals surface area contributed by atoms with E-state index in [1.807, 2.05) is 13.8 Å². The van der Waals surface area contributed by atoms with E-state index in [1.165, 1.54) is 18.4 Å². The number of fused-ring (bicyclic) bond motifs is 1. The van der Waals surface area contributed by atoms with Crippen LogP contribution >= 0.6 is 0 Å². The Kier molecular flexibility index (Phi) is 3.04. The average Bonchev–Trinajstić information content (AvgIpc) is 2.61. The van der Waals surface area contributed by atoms with Gasteiger partial charge in [0.15, 0.2) is 5.79 Å². The van der Waals surface area contributed by atoms with Gasteiger partial charge in [0.25, 0.3) is 0 Å². The van der Waals surface area contributed by atoms with Gasteiger partial charge in [-0.3, -0.25) is 4.79 Å². The zero-order valence-corrected chi connectivity index (χ0v) is 16.9. The van der Waals surface area contributed by atoms with E-state index in [-0.39, 0.29) is 34.4 Å². The number of ether oxygens (including phenoxy) is 3. The first-order valence-corrected chi connectivity index (χ1v) is 10.9. The Balaban J connectivity index is 1.57. The fourth-order valence-corrected chi connectivity index (χ4v) is 8.70. The van der Waals surface area contributed by atoms with Gasteiger partial charge in [-0.2, -0.15) is 0 Å². The van der Waals surface area contributed by atoms with Crippen LogP contribution < -0.4 is 0 Å². The van der Waals surface area contributed by atoms with Crippen LogP contribution in [0, 0.1) is 34.0 Å². The second-order valence-corrected chi connectivity index (χ2v) is 11.1. The molecule has 0 amide bonds. The summed E-state index contributed by atoms with van der Waals surface area (Å²) in [6, 6.07) is 0. The molecule has 7 rings (SSSR count). The maximum Gasteiger partial charge on any atom is 0.312 e. The molecule has 5 aliphatic carbocycles. The molecule has 5 saturated carbocycles. The molecule has 148 valence electrons. The van der Waals surface area contributed by atoms with Crippen LogP contribution in [0.25, 0.3) is 0 Å². The summed E-state index contributed by atoms with van der Waals surface area (Å²) in [5.41, 5.74) is 0.944. The van der Waals surface area contributed by atoms with Gasteiger partial charge in [-0.1, -0.05) is 19.9 Å². The van der Waals surface area contributed by atoms with Crippen LogP contribution in [-0.2, 0) is 19.0 Å². The molecule has 4 nitrogen and oxygen atoms in total. The number of hydrogen-bond donors (Lipinski definition) is 0. The Morgan fingerprint density at radius 3 is 2.67 bits per heavy atom. The first-order chi connectivity index (χ1) is 12.7. The van der Waals surface area contributed by atoms with Crippen molar-refractivity contribution >= 4 is 5.97 Å². The Bertz CT molecular complexity index is 743. The molecule has 0 aromatic rings. The molecular weight excluding hydrogens is 340 g/mol. The van der Waals surface area contributed by atoms with Crippen molar-refractivity contribution in [2.24, 2.45) is 34.0 Å². The average molecular weight is 373 g/mol. The first-order valence-electron chi connectivity index (χ1n) is 10.9. The van der Waals surface area contributed by atoms with Crippen molar-refractivity contribution < 1.29 is 19.0 Å². The number of carbonyl (C=O) groups is 1. The summed E-state index contributed by atoms with van der Waals surface area (Å²) < 4.78 is 19.1. The summed E-state index contributed by atoms with van der Waals surface area (Å²) in [5, 5.41) is 0. The molecule has 7 fully saturated rings. The van der Waals surface area contributed by atoms with Crippen LogP contribution in [-0.4, -0.2) is 30.6 Å². The maximum absolute atomic E-state index is 13.4. The van der Waals surface area contributed by atoms with Crippen molar-refractivity contribution in [2.45, 2.75) is 83.7 Å². The SMILES string of the molecule is C=C1[C@H]2CC[C@@]34C(C2)C25CCC[C@@](C)(COC2=O)C5C[C@H]3OC(C)(C)O[C@@H]14. The van der Waals surface area contributed by atoms with Crippen LogP contribution in [0.4, 0.5) is 0 Å². The van der Waals surface area contributed by atoms with Gasteiger partial charge in [-0.25, -0.2) is 0 Å². The van der Waals surface area contributed by atoms with E-state index in [0.29, 0.717) is 24.4 Å². The van der Waals surface area contributed by atoms with Gasteiger partial charge >= 0.3 is 5.97 Å². The molecule has 2 heterocycles. The molecule has 1 spiro atoms. The zero-order valence-electron chi connectivity index (χ0n) is 16.9. The minimum atomic E-state index is -0.582. The highest BCUT2D eigenvalue weighted by Crippen LogP contribution is 2.75. The fourth-order valence-electron chi connectivity index (χ4n) is 8.70. The third kappa shape index (κ3) is 1.77. The maximum atomic E-state index is 13.4. The van der Waals surface area contributed by atoms with Gasteiger partial charge in [0.2, 0.25) is 0 Å². The van der Waals surface area contributed by atoms with Crippen LogP contribution in [0.5, 0.6) is 0 Å². The van der Waals surface area contributed by atoms with E-state index < -0.39 is 5.79 Å². The molecule has 27 heavy (non-hydrogen) atoms. The van der Waals surface area contributed by atoms with E-state index in [9.17, 15) is 4.79 Å². The zero-order chi connectivity index (χ0) is 18.8. The molecule has 2 aliphatic heterocycles. The lowest BCUT2D eigenvalue weighted by atomic mass is 9.34. The van der Waals surface area contributed by atoms with E-state index in [2.05, 4.69) is 13.5 Å². The van der Waals surface area contributed by atoms with E-state index in [4.69, 9.17) is 14.2 Å². The minimum absolute atomic E-state index is 0.0296. The summed E-state index contributed by atoms with van der Waals surface area (Å²) >= 11 is 0. The van der Waals surface area contributed by atoms with Gasteiger partial charge in [-0.05, 0) is 75.7 Å². The lowest BCUT2D eigenvalue weighted by Crippen LogP contribution is -2.76. The summed E-state index contributed by atoms with van der Waals surface area (Å²) in [6.07, 6.45) is 7.80. The van der Waals surface area contributed by atoms with E-state index >= 15 is 0 Å². The van der Waals surface area contributed by atoms with Crippen LogP contribution in [0.3, 0.4) is 0 Å². The first kappa shape index (κ1) is 17.0. The number of esters is 1.